The smallest absolute Gasteiger partial charge is 0.429 e. The fourth-order valence-corrected chi connectivity index (χ4v) is 2.45. The topological polar surface area (TPSA) is 87.6 Å². The molecule has 0 aliphatic carbocycles. The fourth-order valence-electron chi connectivity index (χ4n) is 2.29. The van der Waals surface area contributed by atoms with Crippen LogP contribution < -0.4 is 15.2 Å². The standard InChI is InChI=1S/C10H6BrF6NO3.C10H8BrF6NO/c1-5-2-3-6(4-7(5)18(19)20)21-10(16,17)8(11,12)9(13,14)15;1-5-2-3-6(4-7(5)18)19-10(16,17)8(11,12)9(13,14)15/h2-4H,1H3;2-4H,18H2,1H3. The third kappa shape index (κ3) is 7.76. The van der Waals surface area contributed by atoms with Crippen LogP contribution >= 0.6 is 31.9 Å². The Labute approximate surface area is 232 Å². The highest BCUT2D eigenvalue weighted by Gasteiger charge is 2.73. The van der Waals surface area contributed by atoms with E-state index in [2.05, 4.69) is 9.47 Å². The van der Waals surface area contributed by atoms with Gasteiger partial charge in [-0.25, -0.2) is 8.78 Å². The summed E-state index contributed by atoms with van der Waals surface area (Å²) >= 11 is 2.56. The highest BCUT2D eigenvalue weighted by Crippen LogP contribution is 2.51. The SMILES string of the molecule is Cc1ccc(OC(F)(F)C(F)(Br)C(F)(F)F)cc1N.Cc1ccc(OC(F)(F)C(F)(Br)C(F)(F)F)cc1[N+](=O)[O-]. The fraction of sp³-hybridized carbons (Fsp3) is 0.400. The van der Waals surface area contributed by atoms with E-state index in [1.54, 1.807) is 6.92 Å². The molecule has 0 spiro atoms. The van der Waals surface area contributed by atoms with Crippen molar-refractivity contribution in [1.29, 1.82) is 0 Å². The lowest BCUT2D eigenvalue weighted by Crippen LogP contribution is -2.53. The van der Waals surface area contributed by atoms with Crippen molar-refractivity contribution in [2.45, 2.75) is 47.6 Å². The van der Waals surface area contributed by atoms with E-state index < -0.39 is 55.8 Å². The van der Waals surface area contributed by atoms with E-state index in [1.807, 2.05) is 0 Å². The molecule has 0 saturated carbocycles. The average molecular weight is 734 g/mol. The van der Waals surface area contributed by atoms with Crippen molar-refractivity contribution in [3.8, 4) is 11.5 Å². The van der Waals surface area contributed by atoms with Crippen molar-refractivity contribution < 1.29 is 67.1 Å². The van der Waals surface area contributed by atoms with Crippen LogP contribution in [0.25, 0.3) is 0 Å². The van der Waals surface area contributed by atoms with Gasteiger partial charge in [-0.15, -0.1) is 0 Å². The zero-order valence-electron chi connectivity index (χ0n) is 19.4. The Bertz CT molecular complexity index is 1220. The van der Waals surface area contributed by atoms with Gasteiger partial charge in [0.05, 0.1) is 11.0 Å². The maximum absolute atomic E-state index is 13.3. The maximum Gasteiger partial charge on any atom is 0.453 e. The quantitative estimate of drug-likeness (QED) is 0.101. The number of hydrogen-bond donors (Lipinski definition) is 1. The molecule has 2 N–H and O–H groups in total. The Morgan fingerprint density at radius 3 is 1.38 bits per heavy atom. The number of ether oxygens (including phenoxy) is 2. The van der Waals surface area contributed by atoms with Crippen LogP contribution in [-0.4, -0.2) is 38.6 Å². The molecule has 0 aliphatic heterocycles. The molecule has 2 atom stereocenters. The highest BCUT2D eigenvalue weighted by atomic mass is 79.9. The lowest BCUT2D eigenvalue weighted by Gasteiger charge is -2.29. The zero-order valence-corrected chi connectivity index (χ0v) is 22.6. The lowest BCUT2D eigenvalue weighted by molar-refractivity contribution is -0.385. The third-order valence-corrected chi connectivity index (χ3v) is 6.39. The molecule has 0 amide bonds. The number of hydrogen-bond acceptors (Lipinski definition) is 5. The van der Waals surface area contributed by atoms with Crippen LogP contribution in [0.4, 0.5) is 64.1 Å². The molecule has 20 heteroatoms. The van der Waals surface area contributed by atoms with Crippen LogP contribution in [0.5, 0.6) is 11.5 Å². The Morgan fingerprint density at radius 1 is 0.700 bits per heavy atom. The predicted octanol–water partition coefficient (Wildman–Crippen LogP) is 8.67. The molecule has 40 heavy (non-hydrogen) atoms. The first-order valence-electron chi connectivity index (χ1n) is 9.82. The molecule has 0 heterocycles. The van der Waals surface area contributed by atoms with E-state index >= 15 is 0 Å². The van der Waals surface area contributed by atoms with Crippen LogP contribution in [-0.2, 0) is 0 Å². The lowest BCUT2D eigenvalue weighted by atomic mass is 10.2. The number of benzene rings is 2. The predicted molar refractivity (Wildman–Crippen MR) is 122 cm³/mol. The molecule has 2 unspecified atom stereocenters. The van der Waals surface area contributed by atoms with Gasteiger partial charge in [0.1, 0.15) is 11.5 Å². The monoisotopic (exact) mass is 732 g/mol. The first-order valence-corrected chi connectivity index (χ1v) is 11.4. The van der Waals surface area contributed by atoms with Gasteiger partial charge in [0.15, 0.2) is 0 Å². The minimum Gasteiger partial charge on any atom is -0.429 e. The van der Waals surface area contributed by atoms with Gasteiger partial charge < -0.3 is 15.2 Å². The molecule has 0 saturated heterocycles. The number of aryl methyl sites for hydroxylation is 2. The van der Waals surface area contributed by atoms with Crippen LogP contribution in [0, 0.1) is 24.0 Å². The molecule has 0 aliphatic rings. The number of rotatable bonds is 7. The Morgan fingerprint density at radius 2 is 1.05 bits per heavy atom. The third-order valence-electron chi connectivity index (χ3n) is 4.56. The van der Waals surface area contributed by atoms with E-state index in [-0.39, 0.29) is 11.3 Å². The van der Waals surface area contributed by atoms with Gasteiger partial charge in [0.2, 0.25) is 0 Å². The van der Waals surface area contributed by atoms with Gasteiger partial charge in [0.25, 0.3) is 5.69 Å². The van der Waals surface area contributed by atoms with Crippen molar-refractivity contribution in [3.63, 3.8) is 0 Å². The summed E-state index contributed by atoms with van der Waals surface area (Å²) in [5.74, 6) is -1.66. The van der Waals surface area contributed by atoms with E-state index in [9.17, 15) is 62.8 Å². The van der Waals surface area contributed by atoms with Crippen molar-refractivity contribution in [2.24, 2.45) is 0 Å². The summed E-state index contributed by atoms with van der Waals surface area (Å²) in [5.41, 5.74) is 5.33. The summed E-state index contributed by atoms with van der Waals surface area (Å²) in [6, 6.07) is 5.30. The summed E-state index contributed by atoms with van der Waals surface area (Å²) in [6.07, 6.45) is -22.3. The van der Waals surface area contributed by atoms with Gasteiger partial charge in [-0.3, -0.25) is 10.1 Å². The molecule has 0 bridgehead atoms. The number of nitrogen functional groups attached to an aromatic ring is 1. The molecule has 226 valence electrons. The van der Waals surface area contributed by atoms with Gasteiger partial charge in [-0.2, -0.15) is 43.9 Å². The van der Waals surface area contributed by atoms with Crippen LogP contribution in [0.15, 0.2) is 36.4 Å². The van der Waals surface area contributed by atoms with Crippen LogP contribution in [0.3, 0.4) is 0 Å². The summed E-state index contributed by atoms with van der Waals surface area (Å²) < 4.78 is 150. The normalized spacial score (nSPS) is 15.7. The molecule has 6 nitrogen and oxygen atoms in total. The van der Waals surface area contributed by atoms with Crippen molar-refractivity contribution >= 4 is 43.2 Å². The van der Waals surface area contributed by atoms with Crippen molar-refractivity contribution in [2.75, 3.05) is 5.73 Å². The maximum atomic E-state index is 13.3. The number of nitrogens with zero attached hydrogens (tertiary/aromatic N) is 1. The minimum absolute atomic E-state index is 0.0272. The second-order valence-electron chi connectivity index (χ2n) is 7.61. The van der Waals surface area contributed by atoms with Crippen LogP contribution in [0.1, 0.15) is 11.1 Å². The summed E-state index contributed by atoms with van der Waals surface area (Å²) in [5, 5.41) is 10.6. The number of nitro benzene ring substituents is 1. The van der Waals surface area contributed by atoms with E-state index in [4.69, 9.17) is 5.73 Å². The molecule has 2 aromatic rings. The Kier molecular flexibility index (Phi) is 10.3. The number of nitro groups is 1. The Hall–Kier alpha value is -2.64. The van der Waals surface area contributed by atoms with Gasteiger partial charge >= 0.3 is 33.7 Å². The van der Waals surface area contributed by atoms with E-state index in [0.29, 0.717) is 11.6 Å². The number of anilines is 1. The molecular formula is C20H14Br2F12N2O4. The van der Waals surface area contributed by atoms with E-state index in [1.165, 1.54) is 44.8 Å². The summed E-state index contributed by atoms with van der Waals surface area (Å²) in [7, 11) is 0. The Balaban J connectivity index is 0.000000402. The van der Waals surface area contributed by atoms with Gasteiger partial charge in [-0.1, -0.05) is 6.07 Å². The van der Waals surface area contributed by atoms with Gasteiger partial charge in [-0.05, 0) is 69.5 Å². The molecule has 0 radical (unpaired) electrons. The molecule has 2 aromatic carbocycles. The average Bonchev–Trinajstić information content (AvgIpc) is 2.75. The largest absolute Gasteiger partial charge is 0.453 e. The number of nitrogens with two attached hydrogens (primary N) is 1. The first-order chi connectivity index (χ1) is 17.7. The summed E-state index contributed by atoms with van der Waals surface area (Å²) in [6.45, 7) is 2.83. The first kappa shape index (κ1) is 35.4. The summed E-state index contributed by atoms with van der Waals surface area (Å²) in [4.78, 5) is 9.65. The van der Waals surface area contributed by atoms with E-state index in [0.717, 1.165) is 24.3 Å². The minimum atomic E-state index is -5.97. The molecule has 2 rings (SSSR count). The second-order valence-corrected chi connectivity index (χ2v) is 9.79. The number of alkyl halides is 14. The number of halogens is 14. The van der Waals surface area contributed by atoms with Crippen LogP contribution in [0.2, 0.25) is 0 Å². The second kappa shape index (κ2) is 11.7. The van der Waals surface area contributed by atoms with Crippen molar-refractivity contribution in [1.82, 2.24) is 0 Å². The molecule has 0 aromatic heterocycles. The van der Waals surface area contributed by atoms with Gasteiger partial charge in [0, 0.05) is 17.3 Å². The highest BCUT2D eigenvalue weighted by molar-refractivity contribution is 9.10. The molecule has 0 fully saturated rings. The zero-order chi connectivity index (χ0) is 31.7. The molecular weight excluding hydrogens is 720 g/mol. The van der Waals surface area contributed by atoms with Crippen molar-refractivity contribution in [3.05, 3.63) is 57.6 Å².